The molecule has 142 valence electrons. The van der Waals surface area contributed by atoms with Gasteiger partial charge in [0.15, 0.2) is 0 Å². The second kappa shape index (κ2) is 8.28. The number of amides is 1. The van der Waals surface area contributed by atoms with Crippen LogP contribution in [0, 0.1) is 0 Å². The topological polar surface area (TPSA) is 42.7 Å². The SMILES string of the molecule is COCCN(Cc1ccccc1)C(=O)Cc1coc2ccc3ccccc3c12. The van der Waals surface area contributed by atoms with Gasteiger partial charge in [0.05, 0.1) is 19.3 Å². The lowest BCUT2D eigenvalue weighted by Gasteiger charge is -2.22. The van der Waals surface area contributed by atoms with Crippen LogP contribution in [0.5, 0.6) is 0 Å². The molecule has 4 rings (SSSR count). The Kier molecular flexibility index (Phi) is 5.40. The molecule has 1 aromatic heterocycles. The minimum atomic E-state index is 0.0662. The molecule has 0 saturated heterocycles. The molecule has 4 nitrogen and oxygen atoms in total. The Bertz CT molecular complexity index is 1080. The second-order valence-electron chi connectivity index (χ2n) is 6.89. The zero-order valence-electron chi connectivity index (χ0n) is 15.9. The van der Waals surface area contributed by atoms with Crippen molar-refractivity contribution in [3.8, 4) is 0 Å². The number of carbonyl (C=O) groups excluding carboxylic acids is 1. The quantitative estimate of drug-likeness (QED) is 0.467. The van der Waals surface area contributed by atoms with E-state index in [4.69, 9.17) is 9.15 Å². The lowest BCUT2D eigenvalue weighted by atomic mass is 10.0. The zero-order chi connectivity index (χ0) is 19.3. The van der Waals surface area contributed by atoms with E-state index in [-0.39, 0.29) is 5.91 Å². The van der Waals surface area contributed by atoms with Crippen molar-refractivity contribution in [3.63, 3.8) is 0 Å². The average molecular weight is 373 g/mol. The van der Waals surface area contributed by atoms with Crippen molar-refractivity contribution >= 4 is 27.6 Å². The summed E-state index contributed by atoms with van der Waals surface area (Å²) in [6.07, 6.45) is 2.02. The molecule has 0 saturated carbocycles. The standard InChI is InChI=1S/C24H23NO3/c1-27-14-13-25(16-18-7-3-2-4-8-18)23(26)15-20-17-28-22-12-11-19-9-5-6-10-21(19)24(20)22/h2-12,17H,13-16H2,1H3. The predicted octanol–water partition coefficient (Wildman–Crippen LogP) is 4.80. The first kappa shape index (κ1) is 18.3. The van der Waals surface area contributed by atoms with Gasteiger partial charge >= 0.3 is 0 Å². The lowest BCUT2D eigenvalue weighted by molar-refractivity contribution is -0.131. The Morgan fingerprint density at radius 1 is 1.00 bits per heavy atom. The average Bonchev–Trinajstić information content (AvgIpc) is 3.15. The van der Waals surface area contributed by atoms with Crippen LogP contribution >= 0.6 is 0 Å². The summed E-state index contributed by atoms with van der Waals surface area (Å²) in [4.78, 5) is 15.0. The molecule has 4 heteroatoms. The van der Waals surface area contributed by atoms with Gasteiger partial charge in [-0.25, -0.2) is 0 Å². The third-order valence-electron chi connectivity index (χ3n) is 5.02. The normalized spacial score (nSPS) is 11.2. The third-order valence-corrected chi connectivity index (χ3v) is 5.02. The van der Waals surface area contributed by atoms with Crippen LogP contribution in [-0.2, 0) is 22.5 Å². The van der Waals surface area contributed by atoms with Gasteiger partial charge in [-0.05, 0) is 22.4 Å². The molecule has 1 amide bonds. The van der Waals surface area contributed by atoms with Gasteiger partial charge in [0, 0.05) is 31.1 Å². The summed E-state index contributed by atoms with van der Waals surface area (Å²) in [6.45, 7) is 1.63. The van der Waals surface area contributed by atoms with Gasteiger partial charge in [0.25, 0.3) is 0 Å². The molecular formula is C24H23NO3. The van der Waals surface area contributed by atoms with Crippen LogP contribution in [0.15, 0.2) is 77.4 Å². The molecule has 28 heavy (non-hydrogen) atoms. The van der Waals surface area contributed by atoms with E-state index in [0.29, 0.717) is 26.1 Å². The number of carbonyl (C=O) groups is 1. The number of rotatable bonds is 7. The summed E-state index contributed by atoms with van der Waals surface area (Å²) < 4.78 is 11.0. The molecule has 0 bridgehead atoms. The highest BCUT2D eigenvalue weighted by molar-refractivity contribution is 6.08. The van der Waals surface area contributed by atoms with Crippen LogP contribution in [0.25, 0.3) is 21.7 Å². The van der Waals surface area contributed by atoms with Gasteiger partial charge in [-0.3, -0.25) is 4.79 Å². The molecule has 0 N–H and O–H groups in total. The highest BCUT2D eigenvalue weighted by Crippen LogP contribution is 2.30. The lowest BCUT2D eigenvalue weighted by Crippen LogP contribution is -2.34. The van der Waals surface area contributed by atoms with Gasteiger partial charge in [-0.2, -0.15) is 0 Å². The predicted molar refractivity (Wildman–Crippen MR) is 111 cm³/mol. The van der Waals surface area contributed by atoms with E-state index in [0.717, 1.165) is 32.9 Å². The van der Waals surface area contributed by atoms with Crippen molar-refractivity contribution in [2.24, 2.45) is 0 Å². The fraction of sp³-hybridized carbons (Fsp3) is 0.208. The van der Waals surface area contributed by atoms with Crippen LogP contribution in [0.4, 0.5) is 0 Å². The summed E-state index contributed by atoms with van der Waals surface area (Å²) in [7, 11) is 1.65. The van der Waals surface area contributed by atoms with Gasteiger partial charge in [-0.15, -0.1) is 0 Å². The van der Waals surface area contributed by atoms with Crippen molar-refractivity contribution in [2.45, 2.75) is 13.0 Å². The van der Waals surface area contributed by atoms with E-state index in [1.54, 1.807) is 13.4 Å². The van der Waals surface area contributed by atoms with Crippen molar-refractivity contribution in [2.75, 3.05) is 20.3 Å². The number of furan rings is 1. The number of fused-ring (bicyclic) bond motifs is 3. The molecule has 0 unspecified atom stereocenters. The minimum absolute atomic E-state index is 0.0662. The molecule has 0 radical (unpaired) electrons. The van der Waals surface area contributed by atoms with E-state index in [1.807, 2.05) is 59.5 Å². The highest BCUT2D eigenvalue weighted by Gasteiger charge is 2.18. The maximum absolute atomic E-state index is 13.1. The first-order valence-corrected chi connectivity index (χ1v) is 9.44. The van der Waals surface area contributed by atoms with Crippen molar-refractivity contribution in [1.29, 1.82) is 0 Å². The van der Waals surface area contributed by atoms with E-state index in [1.165, 1.54) is 0 Å². The van der Waals surface area contributed by atoms with Crippen LogP contribution < -0.4 is 0 Å². The maximum Gasteiger partial charge on any atom is 0.227 e. The highest BCUT2D eigenvalue weighted by atomic mass is 16.5. The fourth-order valence-corrected chi connectivity index (χ4v) is 3.58. The monoisotopic (exact) mass is 373 g/mol. The minimum Gasteiger partial charge on any atom is -0.464 e. The zero-order valence-corrected chi connectivity index (χ0v) is 15.9. The van der Waals surface area contributed by atoms with Crippen molar-refractivity contribution in [1.82, 2.24) is 4.90 Å². The molecule has 0 aliphatic rings. The van der Waals surface area contributed by atoms with E-state index in [2.05, 4.69) is 12.1 Å². The third kappa shape index (κ3) is 3.78. The molecule has 0 fully saturated rings. The summed E-state index contributed by atoms with van der Waals surface area (Å²) in [6, 6.07) is 22.2. The Hall–Kier alpha value is -3.11. The first-order chi connectivity index (χ1) is 13.8. The molecular weight excluding hydrogens is 350 g/mol. The Morgan fingerprint density at radius 3 is 2.61 bits per heavy atom. The van der Waals surface area contributed by atoms with Crippen LogP contribution in [-0.4, -0.2) is 31.1 Å². The molecule has 0 spiro atoms. The number of nitrogens with zero attached hydrogens (tertiary/aromatic N) is 1. The van der Waals surface area contributed by atoms with E-state index < -0.39 is 0 Å². The molecule has 0 aliphatic carbocycles. The molecule has 4 aromatic rings. The Morgan fingerprint density at radius 2 is 1.79 bits per heavy atom. The maximum atomic E-state index is 13.1. The molecule has 0 atom stereocenters. The van der Waals surface area contributed by atoms with E-state index >= 15 is 0 Å². The van der Waals surface area contributed by atoms with E-state index in [9.17, 15) is 4.79 Å². The van der Waals surface area contributed by atoms with Gasteiger partial charge < -0.3 is 14.1 Å². The smallest absolute Gasteiger partial charge is 0.227 e. The summed E-state index contributed by atoms with van der Waals surface area (Å²) in [5.41, 5.74) is 2.84. The number of ether oxygens (including phenoxy) is 1. The number of hydrogen-bond donors (Lipinski definition) is 0. The molecule has 0 aliphatic heterocycles. The molecule has 1 heterocycles. The van der Waals surface area contributed by atoms with Gasteiger partial charge in [-0.1, -0.05) is 60.7 Å². The van der Waals surface area contributed by atoms with Gasteiger partial charge in [0.1, 0.15) is 5.58 Å². The molecule has 3 aromatic carbocycles. The second-order valence-corrected chi connectivity index (χ2v) is 6.89. The number of benzene rings is 3. The van der Waals surface area contributed by atoms with Gasteiger partial charge in [0.2, 0.25) is 5.91 Å². The van der Waals surface area contributed by atoms with Crippen LogP contribution in [0.2, 0.25) is 0 Å². The van der Waals surface area contributed by atoms with Crippen LogP contribution in [0.1, 0.15) is 11.1 Å². The summed E-state index contributed by atoms with van der Waals surface area (Å²) in [5.74, 6) is 0.0662. The Balaban J connectivity index is 1.62. The summed E-state index contributed by atoms with van der Waals surface area (Å²) in [5, 5.41) is 3.28. The first-order valence-electron chi connectivity index (χ1n) is 9.44. The fourth-order valence-electron chi connectivity index (χ4n) is 3.58. The number of methoxy groups -OCH3 is 1. The Labute approximate surface area is 164 Å². The van der Waals surface area contributed by atoms with Crippen molar-refractivity contribution < 1.29 is 13.9 Å². The van der Waals surface area contributed by atoms with Crippen molar-refractivity contribution in [3.05, 3.63) is 84.1 Å². The summed E-state index contributed by atoms with van der Waals surface area (Å²) >= 11 is 0. The van der Waals surface area contributed by atoms with Crippen LogP contribution in [0.3, 0.4) is 0 Å². The largest absolute Gasteiger partial charge is 0.464 e. The number of hydrogen-bond acceptors (Lipinski definition) is 3.